The number of oxazole rings is 1. The summed E-state index contributed by atoms with van der Waals surface area (Å²) in [5.41, 5.74) is 0.623. The van der Waals surface area contributed by atoms with E-state index in [0.717, 1.165) is 4.88 Å². The quantitative estimate of drug-likeness (QED) is 0.797. The van der Waals surface area contributed by atoms with Gasteiger partial charge in [-0.3, -0.25) is 10.1 Å². The Labute approximate surface area is 124 Å². The summed E-state index contributed by atoms with van der Waals surface area (Å²) < 4.78 is 7.23. The SMILES string of the molecule is Cc1oc(-c2cccs2)nc1CC(=O)Nc1nncn1C. The monoisotopic (exact) mass is 303 g/mol. The Kier molecular flexibility index (Phi) is 3.53. The molecule has 0 saturated heterocycles. The van der Waals surface area contributed by atoms with E-state index in [4.69, 9.17) is 4.42 Å². The Morgan fingerprint density at radius 1 is 1.52 bits per heavy atom. The van der Waals surface area contributed by atoms with Crippen LogP contribution in [0.1, 0.15) is 11.5 Å². The van der Waals surface area contributed by atoms with Crippen molar-refractivity contribution in [3.05, 3.63) is 35.3 Å². The molecule has 0 unspecified atom stereocenters. The lowest BCUT2D eigenvalue weighted by atomic mass is 10.2. The molecule has 0 aliphatic rings. The summed E-state index contributed by atoms with van der Waals surface area (Å²) in [4.78, 5) is 17.3. The van der Waals surface area contributed by atoms with Gasteiger partial charge in [-0.2, -0.15) is 0 Å². The Morgan fingerprint density at radius 3 is 3.05 bits per heavy atom. The van der Waals surface area contributed by atoms with E-state index in [-0.39, 0.29) is 12.3 Å². The van der Waals surface area contributed by atoms with Gasteiger partial charge >= 0.3 is 0 Å². The molecule has 8 heteroatoms. The molecule has 0 aliphatic carbocycles. The second kappa shape index (κ2) is 5.49. The number of carbonyl (C=O) groups excluding carboxylic acids is 1. The van der Waals surface area contributed by atoms with E-state index in [9.17, 15) is 4.79 Å². The van der Waals surface area contributed by atoms with Crippen molar-refractivity contribution in [3.63, 3.8) is 0 Å². The van der Waals surface area contributed by atoms with Gasteiger partial charge in [-0.1, -0.05) is 6.07 Å². The number of nitrogens with zero attached hydrogens (tertiary/aromatic N) is 4. The summed E-state index contributed by atoms with van der Waals surface area (Å²) >= 11 is 1.54. The number of rotatable bonds is 4. The van der Waals surface area contributed by atoms with Gasteiger partial charge in [-0.05, 0) is 18.4 Å². The van der Waals surface area contributed by atoms with Crippen molar-refractivity contribution < 1.29 is 9.21 Å². The lowest BCUT2D eigenvalue weighted by Gasteiger charge is -2.02. The number of hydrogen-bond acceptors (Lipinski definition) is 6. The Bertz CT molecular complexity index is 759. The molecule has 0 spiro atoms. The molecule has 0 radical (unpaired) electrons. The summed E-state index contributed by atoms with van der Waals surface area (Å²) in [5.74, 6) is 1.38. The molecule has 3 aromatic rings. The number of anilines is 1. The highest BCUT2D eigenvalue weighted by Gasteiger charge is 2.16. The van der Waals surface area contributed by atoms with Crippen LogP contribution in [0.2, 0.25) is 0 Å². The molecular formula is C13H13N5O2S. The molecule has 3 heterocycles. The lowest BCUT2D eigenvalue weighted by Crippen LogP contribution is -2.17. The normalized spacial score (nSPS) is 10.8. The second-order valence-electron chi connectivity index (χ2n) is 4.49. The molecule has 3 rings (SSSR count). The van der Waals surface area contributed by atoms with Gasteiger partial charge in [0.15, 0.2) is 0 Å². The van der Waals surface area contributed by atoms with Crippen LogP contribution in [0.15, 0.2) is 28.3 Å². The topological polar surface area (TPSA) is 85.8 Å². The fourth-order valence-corrected chi connectivity index (χ4v) is 2.46. The summed E-state index contributed by atoms with van der Waals surface area (Å²) in [7, 11) is 1.76. The zero-order chi connectivity index (χ0) is 14.8. The summed E-state index contributed by atoms with van der Waals surface area (Å²) in [5, 5.41) is 12.1. The van der Waals surface area contributed by atoms with Gasteiger partial charge in [0.1, 0.15) is 12.1 Å². The van der Waals surface area contributed by atoms with E-state index < -0.39 is 0 Å². The van der Waals surface area contributed by atoms with Gasteiger partial charge in [0, 0.05) is 7.05 Å². The number of aryl methyl sites for hydroxylation is 2. The maximum Gasteiger partial charge on any atom is 0.236 e. The highest BCUT2D eigenvalue weighted by atomic mass is 32.1. The average Bonchev–Trinajstić information content (AvgIpc) is 3.14. The van der Waals surface area contributed by atoms with Gasteiger partial charge in [-0.15, -0.1) is 21.5 Å². The van der Waals surface area contributed by atoms with Crippen LogP contribution in [0.4, 0.5) is 5.95 Å². The van der Waals surface area contributed by atoms with E-state index in [1.54, 1.807) is 29.9 Å². The predicted octanol–water partition coefficient (Wildman–Crippen LogP) is 2.02. The zero-order valence-electron chi connectivity index (χ0n) is 11.5. The molecule has 0 saturated carbocycles. The fraction of sp³-hybridized carbons (Fsp3) is 0.231. The molecule has 108 valence electrons. The summed E-state index contributed by atoms with van der Waals surface area (Å²) in [6, 6.07) is 3.86. The molecule has 3 aromatic heterocycles. The van der Waals surface area contributed by atoms with Crippen LogP contribution in [0.3, 0.4) is 0 Å². The minimum Gasteiger partial charge on any atom is -0.440 e. The van der Waals surface area contributed by atoms with Crippen LogP contribution in [0.25, 0.3) is 10.8 Å². The number of carbonyl (C=O) groups is 1. The van der Waals surface area contributed by atoms with Crippen molar-refractivity contribution in [2.45, 2.75) is 13.3 Å². The first-order valence-corrected chi connectivity index (χ1v) is 7.15. The van der Waals surface area contributed by atoms with Crippen molar-refractivity contribution in [2.75, 3.05) is 5.32 Å². The van der Waals surface area contributed by atoms with E-state index in [1.807, 2.05) is 17.5 Å². The molecule has 1 N–H and O–H groups in total. The van der Waals surface area contributed by atoms with Crippen LogP contribution in [0.5, 0.6) is 0 Å². The summed E-state index contributed by atoms with van der Waals surface area (Å²) in [6.45, 7) is 1.80. The van der Waals surface area contributed by atoms with Crippen LogP contribution in [-0.2, 0) is 18.3 Å². The van der Waals surface area contributed by atoms with Crippen LogP contribution < -0.4 is 5.32 Å². The number of thiophene rings is 1. The average molecular weight is 303 g/mol. The maximum atomic E-state index is 12.0. The number of aromatic nitrogens is 4. The van der Waals surface area contributed by atoms with Crippen LogP contribution >= 0.6 is 11.3 Å². The standard InChI is InChI=1S/C13H13N5O2S/c1-8-9(15-12(20-8)10-4-3-5-21-10)6-11(19)16-13-17-14-7-18(13)2/h3-5,7H,6H2,1-2H3,(H,16,17,19). The maximum absolute atomic E-state index is 12.0. The Balaban J connectivity index is 1.73. The molecule has 1 amide bonds. The smallest absolute Gasteiger partial charge is 0.236 e. The first kappa shape index (κ1) is 13.5. The van der Waals surface area contributed by atoms with Gasteiger partial charge < -0.3 is 8.98 Å². The largest absolute Gasteiger partial charge is 0.440 e. The van der Waals surface area contributed by atoms with E-state index in [1.165, 1.54) is 6.33 Å². The van der Waals surface area contributed by atoms with Crippen molar-refractivity contribution in [3.8, 4) is 10.8 Å². The van der Waals surface area contributed by atoms with Crippen molar-refractivity contribution >= 4 is 23.2 Å². The van der Waals surface area contributed by atoms with E-state index in [0.29, 0.717) is 23.3 Å². The zero-order valence-corrected chi connectivity index (χ0v) is 12.3. The molecule has 7 nitrogen and oxygen atoms in total. The molecule has 0 fully saturated rings. The first-order chi connectivity index (χ1) is 10.1. The molecule has 0 aromatic carbocycles. The number of nitrogens with one attached hydrogen (secondary N) is 1. The second-order valence-corrected chi connectivity index (χ2v) is 5.44. The lowest BCUT2D eigenvalue weighted by molar-refractivity contribution is -0.115. The fourth-order valence-electron chi connectivity index (χ4n) is 1.82. The number of amides is 1. The van der Waals surface area contributed by atoms with Crippen LogP contribution in [-0.4, -0.2) is 25.7 Å². The van der Waals surface area contributed by atoms with Gasteiger partial charge in [0.2, 0.25) is 17.7 Å². The van der Waals surface area contributed by atoms with Gasteiger partial charge in [0.05, 0.1) is 17.0 Å². The predicted molar refractivity (Wildman–Crippen MR) is 77.9 cm³/mol. The van der Waals surface area contributed by atoms with Crippen molar-refractivity contribution in [2.24, 2.45) is 7.05 Å². The third-order valence-corrected chi connectivity index (χ3v) is 3.77. The molecule has 21 heavy (non-hydrogen) atoms. The Morgan fingerprint density at radius 2 is 2.38 bits per heavy atom. The minimum atomic E-state index is -0.208. The molecular weight excluding hydrogens is 290 g/mol. The highest BCUT2D eigenvalue weighted by Crippen LogP contribution is 2.26. The van der Waals surface area contributed by atoms with Gasteiger partial charge in [0.25, 0.3) is 0 Å². The highest BCUT2D eigenvalue weighted by molar-refractivity contribution is 7.13. The van der Waals surface area contributed by atoms with Crippen molar-refractivity contribution in [1.82, 2.24) is 19.7 Å². The molecule has 0 aliphatic heterocycles. The molecule has 0 atom stereocenters. The third-order valence-electron chi connectivity index (χ3n) is 2.92. The van der Waals surface area contributed by atoms with Gasteiger partial charge in [-0.25, -0.2) is 4.98 Å². The third kappa shape index (κ3) is 2.84. The number of hydrogen-bond donors (Lipinski definition) is 1. The molecule has 0 bridgehead atoms. The summed E-state index contributed by atoms with van der Waals surface area (Å²) in [6.07, 6.45) is 1.65. The minimum absolute atomic E-state index is 0.133. The first-order valence-electron chi connectivity index (χ1n) is 6.27. The van der Waals surface area contributed by atoms with E-state index >= 15 is 0 Å². The Hall–Kier alpha value is -2.48. The van der Waals surface area contributed by atoms with Crippen LogP contribution in [0, 0.1) is 6.92 Å². The van der Waals surface area contributed by atoms with E-state index in [2.05, 4.69) is 20.5 Å². The van der Waals surface area contributed by atoms with Crippen molar-refractivity contribution in [1.29, 1.82) is 0 Å².